The summed E-state index contributed by atoms with van der Waals surface area (Å²) in [5.74, 6) is 0.725. The molecule has 0 saturated heterocycles. The summed E-state index contributed by atoms with van der Waals surface area (Å²) in [7, 11) is 0. The Labute approximate surface area is 125 Å². The van der Waals surface area contributed by atoms with E-state index in [4.69, 9.17) is 0 Å². The van der Waals surface area contributed by atoms with Crippen LogP contribution in [0.1, 0.15) is 33.6 Å². The van der Waals surface area contributed by atoms with Crippen LogP contribution in [0.2, 0.25) is 0 Å². The lowest BCUT2D eigenvalue weighted by molar-refractivity contribution is 0.427. The van der Waals surface area contributed by atoms with E-state index >= 15 is 0 Å². The van der Waals surface area contributed by atoms with E-state index in [2.05, 4.69) is 36.4 Å². The topological polar surface area (TPSA) is 59.8 Å². The largest absolute Gasteiger partial charge is 0.312 e. The van der Waals surface area contributed by atoms with Crippen molar-refractivity contribution in [2.75, 3.05) is 6.54 Å². The van der Waals surface area contributed by atoms with E-state index in [9.17, 15) is 4.79 Å². The minimum Gasteiger partial charge on any atom is -0.312 e. The molecule has 2 rings (SSSR count). The van der Waals surface area contributed by atoms with Gasteiger partial charge in [0.1, 0.15) is 5.52 Å². The van der Waals surface area contributed by atoms with E-state index in [-0.39, 0.29) is 5.56 Å². The third kappa shape index (κ3) is 4.36. The lowest BCUT2D eigenvalue weighted by atomic mass is 10.0. The summed E-state index contributed by atoms with van der Waals surface area (Å²) in [6.45, 7) is 7.92. The first-order chi connectivity index (χ1) is 10.1. The number of hydrogen-bond donors (Lipinski definition) is 1. The first-order valence-electron chi connectivity index (χ1n) is 7.64. The van der Waals surface area contributed by atoms with Crippen molar-refractivity contribution in [1.29, 1.82) is 0 Å². The quantitative estimate of drug-likeness (QED) is 0.848. The SMILES string of the molecule is CC(C)CCC(C)NCCn1nnc2ccccc2c1=O. The third-order valence-electron chi connectivity index (χ3n) is 3.62. The van der Waals surface area contributed by atoms with Crippen LogP contribution in [-0.4, -0.2) is 27.6 Å². The lowest BCUT2D eigenvalue weighted by Crippen LogP contribution is -2.33. The highest BCUT2D eigenvalue weighted by Crippen LogP contribution is 2.06. The predicted octanol–water partition coefficient (Wildman–Crippen LogP) is 2.21. The van der Waals surface area contributed by atoms with E-state index in [0.29, 0.717) is 23.5 Å². The van der Waals surface area contributed by atoms with Crippen LogP contribution in [0.25, 0.3) is 10.9 Å². The third-order valence-corrected chi connectivity index (χ3v) is 3.62. The molecule has 1 atom stereocenters. The van der Waals surface area contributed by atoms with Gasteiger partial charge in [-0.1, -0.05) is 31.2 Å². The van der Waals surface area contributed by atoms with Gasteiger partial charge in [0, 0.05) is 12.6 Å². The Balaban J connectivity index is 1.92. The van der Waals surface area contributed by atoms with Gasteiger partial charge in [-0.05, 0) is 37.8 Å². The van der Waals surface area contributed by atoms with E-state index in [0.717, 1.165) is 18.9 Å². The van der Waals surface area contributed by atoms with Crippen molar-refractivity contribution < 1.29 is 0 Å². The number of nitrogens with one attached hydrogen (secondary N) is 1. The molecule has 0 saturated carbocycles. The lowest BCUT2D eigenvalue weighted by Gasteiger charge is -2.15. The highest BCUT2D eigenvalue weighted by Gasteiger charge is 2.06. The normalized spacial score (nSPS) is 13.0. The van der Waals surface area contributed by atoms with E-state index in [1.807, 2.05) is 12.1 Å². The highest BCUT2D eigenvalue weighted by atomic mass is 16.1. The van der Waals surface area contributed by atoms with Crippen LogP contribution in [0.3, 0.4) is 0 Å². The van der Waals surface area contributed by atoms with Crippen molar-refractivity contribution in [3.8, 4) is 0 Å². The van der Waals surface area contributed by atoms with Gasteiger partial charge in [-0.2, -0.15) is 0 Å². The average Bonchev–Trinajstić information content (AvgIpc) is 2.48. The first-order valence-corrected chi connectivity index (χ1v) is 7.64. The number of rotatable bonds is 7. The molecule has 0 radical (unpaired) electrons. The molecule has 0 aliphatic rings. The van der Waals surface area contributed by atoms with Gasteiger partial charge >= 0.3 is 0 Å². The molecule has 0 amide bonds. The molecule has 1 aromatic heterocycles. The Bertz CT molecular complexity index is 635. The zero-order chi connectivity index (χ0) is 15.2. The molecule has 0 aliphatic heterocycles. The zero-order valence-corrected chi connectivity index (χ0v) is 13.0. The van der Waals surface area contributed by atoms with Crippen LogP contribution >= 0.6 is 0 Å². The fraction of sp³-hybridized carbons (Fsp3) is 0.562. The molecule has 21 heavy (non-hydrogen) atoms. The number of hydrogen-bond acceptors (Lipinski definition) is 4. The van der Waals surface area contributed by atoms with E-state index in [1.54, 1.807) is 12.1 Å². The molecule has 0 aliphatic carbocycles. The van der Waals surface area contributed by atoms with Crippen LogP contribution < -0.4 is 10.9 Å². The molecule has 1 N–H and O–H groups in total. The first kappa shape index (κ1) is 15.6. The fourth-order valence-electron chi connectivity index (χ4n) is 2.27. The Hall–Kier alpha value is -1.75. The van der Waals surface area contributed by atoms with Gasteiger partial charge in [-0.25, -0.2) is 4.68 Å². The summed E-state index contributed by atoms with van der Waals surface area (Å²) in [6, 6.07) is 7.76. The number of aromatic nitrogens is 3. The molecule has 5 nitrogen and oxygen atoms in total. The Morgan fingerprint density at radius 1 is 1.19 bits per heavy atom. The van der Waals surface area contributed by atoms with E-state index < -0.39 is 0 Å². The van der Waals surface area contributed by atoms with Gasteiger partial charge in [0.25, 0.3) is 5.56 Å². The summed E-state index contributed by atoms with van der Waals surface area (Å²) in [4.78, 5) is 12.3. The Morgan fingerprint density at radius 2 is 1.95 bits per heavy atom. The summed E-state index contributed by atoms with van der Waals surface area (Å²) in [5.41, 5.74) is 0.578. The van der Waals surface area contributed by atoms with E-state index in [1.165, 1.54) is 11.1 Å². The van der Waals surface area contributed by atoms with Crippen molar-refractivity contribution in [2.24, 2.45) is 5.92 Å². The van der Waals surface area contributed by atoms with Crippen LogP contribution in [-0.2, 0) is 6.54 Å². The van der Waals surface area contributed by atoms with Gasteiger partial charge < -0.3 is 5.32 Å². The number of benzene rings is 1. The van der Waals surface area contributed by atoms with Gasteiger partial charge in [0.2, 0.25) is 0 Å². The minimum absolute atomic E-state index is 0.0720. The monoisotopic (exact) mass is 288 g/mol. The zero-order valence-electron chi connectivity index (χ0n) is 13.0. The molecule has 0 spiro atoms. The van der Waals surface area contributed by atoms with Crippen molar-refractivity contribution in [3.63, 3.8) is 0 Å². The van der Waals surface area contributed by atoms with Crippen molar-refractivity contribution in [2.45, 2.75) is 46.2 Å². The summed E-state index contributed by atoms with van der Waals surface area (Å²) in [5, 5.41) is 12.1. The van der Waals surface area contributed by atoms with Crippen LogP contribution in [0, 0.1) is 5.92 Å². The molecule has 0 bridgehead atoms. The molecule has 114 valence electrons. The van der Waals surface area contributed by atoms with Crippen molar-refractivity contribution >= 4 is 10.9 Å². The fourth-order valence-corrected chi connectivity index (χ4v) is 2.27. The molecule has 0 fully saturated rings. The smallest absolute Gasteiger partial charge is 0.277 e. The maximum atomic E-state index is 12.3. The van der Waals surface area contributed by atoms with Crippen LogP contribution in [0.4, 0.5) is 0 Å². The molecular weight excluding hydrogens is 264 g/mol. The summed E-state index contributed by atoms with van der Waals surface area (Å²) in [6.07, 6.45) is 2.36. The molecular formula is C16H24N4O. The van der Waals surface area contributed by atoms with Gasteiger partial charge in [-0.15, -0.1) is 5.10 Å². The van der Waals surface area contributed by atoms with Crippen LogP contribution in [0.15, 0.2) is 29.1 Å². The Kier molecular flexibility index (Phi) is 5.44. The molecule has 1 heterocycles. The molecule has 1 aromatic carbocycles. The second-order valence-electron chi connectivity index (χ2n) is 5.96. The van der Waals surface area contributed by atoms with Gasteiger partial charge in [-0.3, -0.25) is 4.79 Å². The average molecular weight is 288 g/mol. The molecule has 1 unspecified atom stereocenters. The van der Waals surface area contributed by atoms with Gasteiger partial charge in [0.05, 0.1) is 11.9 Å². The van der Waals surface area contributed by atoms with Crippen LogP contribution in [0.5, 0.6) is 0 Å². The molecule has 5 heteroatoms. The minimum atomic E-state index is -0.0720. The number of fused-ring (bicyclic) bond motifs is 1. The van der Waals surface area contributed by atoms with Crippen molar-refractivity contribution in [3.05, 3.63) is 34.6 Å². The number of nitrogens with zero attached hydrogens (tertiary/aromatic N) is 3. The highest BCUT2D eigenvalue weighted by molar-refractivity contribution is 5.76. The Morgan fingerprint density at radius 3 is 2.71 bits per heavy atom. The molecule has 2 aromatic rings. The van der Waals surface area contributed by atoms with Crippen molar-refractivity contribution in [1.82, 2.24) is 20.3 Å². The second kappa shape index (κ2) is 7.31. The van der Waals surface area contributed by atoms with Gasteiger partial charge in [0.15, 0.2) is 0 Å². The standard InChI is InChI=1S/C16H24N4O/c1-12(2)8-9-13(3)17-10-11-20-16(21)14-6-4-5-7-15(14)18-19-20/h4-7,12-13,17H,8-11H2,1-3H3. The predicted molar refractivity (Wildman–Crippen MR) is 85.3 cm³/mol. The summed E-state index contributed by atoms with van der Waals surface area (Å²) >= 11 is 0. The maximum absolute atomic E-state index is 12.3. The maximum Gasteiger partial charge on any atom is 0.277 e. The summed E-state index contributed by atoms with van der Waals surface area (Å²) < 4.78 is 1.44. The second-order valence-corrected chi connectivity index (χ2v) is 5.96.